The lowest BCUT2D eigenvalue weighted by Crippen LogP contribution is -2.48. The van der Waals surface area contributed by atoms with E-state index < -0.39 is 0 Å². The van der Waals surface area contributed by atoms with Gasteiger partial charge < -0.3 is 9.72 Å². The summed E-state index contributed by atoms with van der Waals surface area (Å²) in [5, 5.41) is 1.43. The van der Waals surface area contributed by atoms with E-state index >= 15 is 0 Å². The van der Waals surface area contributed by atoms with Crippen LogP contribution in [0.25, 0.3) is 10.9 Å². The molecule has 0 amide bonds. The maximum atomic E-state index is 6.03. The van der Waals surface area contributed by atoms with Crippen LogP contribution in [-0.4, -0.2) is 41.7 Å². The highest BCUT2D eigenvalue weighted by Crippen LogP contribution is 2.49. The standard InChI is InChI=1S/C19H24N2O/c1-2-19-9-7-16-14(13-5-3-4-6-15(13)20-16)8-10-21(12-19)11-17-18(19)22-17/h3-6,17-18,20H,2,7-12H2,1H3/t17-,18-,19+/m1/s1. The number of hydrogen-bond acceptors (Lipinski definition) is 2. The molecule has 0 aliphatic carbocycles. The van der Waals surface area contributed by atoms with Crippen molar-refractivity contribution in [2.24, 2.45) is 5.41 Å². The molecule has 4 heterocycles. The molecule has 2 bridgehead atoms. The number of H-pyrrole nitrogens is 1. The average molecular weight is 296 g/mol. The van der Waals surface area contributed by atoms with Crippen LogP contribution in [0, 0.1) is 5.41 Å². The lowest BCUT2D eigenvalue weighted by Gasteiger charge is -2.39. The predicted octanol–water partition coefficient (Wildman–Crippen LogP) is 3.14. The van der Waals surface area contributed by atoms with Gasteiger partial charge in [0.2, 0.25) is 0 Å². The van der Waals surface area contributed by atoms with E-state index in [1.807, 2.05) is 0 Å². The van der Waals surface area contributed by atoms with E-state index in [9.17, 15) is 0 Å². The first-order chi connectivity index (χ1) is 10.8. The number of nitrogens with zero attached hydrogens (tertiary/aromatic N) is 1. The molecule has 5 rings (SSSR count). The first-order valence-corrected chi connectivity index (χ1v) is 8.75. The minimum atomic E-state index is 0.377. The second kappa shape index (κ2) is 4.59. The fraction of sp³-hybridized carbons (Fsp3) is 0.579. The second-order valence-electron chi connectivity index (χ2n) is 7.42. The van der Waals surface area contributed by atoms with Crippen LogP contribution in [0.5, 0.6) is 0 Å². The molecule has 22 heavy (non-hydrogen) atoms. The van der Waals surface area contributed by atoms with Gasteiger partial charge in [-0.25, -0.2) is 0 Å². The Morgan fingerprint density at radius 2 is 2.23 bits per heavy atom. The monoisotopic (exact) mass is 296 g/mol. The van der Waals surface area contributed by atoms with Crippen LogP contribution in [0.2, 0.25) is 0 Å². The molecule has 3 aliphatic heterocycles. The molecule has 0 spiro atoms. The molecule has 3 nitrogen and oxygen atoms in total. The molecule has 0 radical (unpaired) electrons. The van der Waals surface area contributed by atoms with Gasteiger partial charge in [-0.05, 0) is 37.3 Å². The molecule has 3 heteroatoms. The molecular weight excluding hydrogens is 272 g/mol. The van der Waals surface area contributed by atoms with Crippen LogP contribution < -0.4 is 0 Å². The first-order valence-electron chi connectivity index (χ1n) is 8.75. The largest absolute Gasteiger partial charge is 0.368 e. The van der Waals surface area contributed by atoms with Crippen LogP contribution >= 0.6 is 0 Å². The number of nitrogens with one attached hydrogen (secondary N) is 1. The van der Waals surface area contributed by atoms with Gasteiger partial charge >= 0.3 is 0 Å². The Morgan fingerprint density at radius 1 is 1.32 bits per heavy atom. The number of benzene rings is 1. The number of fused-ring (bicyclic) bond motifs is 7. The van der Waals surface area contributed by atoms with Crippen molar-refractivity contribution in [3.8, 4) is 0 Å². The molecule has 2 aromatic rings. The van der Waals surface area contributed by atoms with Gasteiger partial charge in [0.05, 0.1) is 12.2 Å². The van der Waals surface area contributed by atoms with Crippen molar-refractivity contribution < 1.29 is 4.74 Å². The quantitative estimate of drug-likeness (QED) is 0.820. The number of epoxide rings is 1. The van der Waals surface area contributed by atoms with E-state index in [1.165, 1.54) is 42.5 Å². The third-order valence-corrected chi connectivity index (χ3v) is 6.32. The summed E-state index contributed by atoms with van der Waals surface area (Å²) >= 11 is 0. The molecule has 2 saturated heterocycles. The zero-order valence-electron chi connectivity index (χ0n) is 13.3. The summed E-state index contributed by atoms with van der Waals surface area (Å²) in [5.74, 6) is 0. The topological polar surface area (TPSA) is 31.6 Å². The van der Waals surface area contributed by atoms with E-state index in [2.05, 4.69) is 41.1 Å². The molecule has 1 aromatic carbocycles. The van der Waals surface area contributed by atoms with Gasteiger partial charge in [-0.1, -0.05) is 25.1 Å². The van der Waals surface area contributed by atoms with Gasteiger partial charge in [-0.3, -0.25) is 4.90 Å². The number of hydrogen-bond donors (Lipinski definition) is 1. The number of piperidine rings is 1. The Balaban J connectivity index is 1.57. The summed E-state index contributed by atoms with van der Waals surface area (Å²) in [5.41, 5.74) is 4.71. The van der Waals surface area contributed by atoms with Crippen LogP contribution in [0.15, 0.2) is 24.3 Å². The molecule has 2 fully saturated rings. The minimum Gasteiger partial charge on any atom is -0.368 e. The van der Waals surface area contributed by atoms with E-state index in [0.29, 0.717) is 17.6 Å². The lowest BCUT2D eigenvalue weighted by atomic mass is 9.73. The Kier molecular flexibility index (Phi) is 2.74. The molecule has 1 N–H and O–H groups in total. The molecule has 1 aromatic heterocycles. The number of aromatic nitrogens is 1. The SMILES string of the molecule is CC[C@@]12CCc3[nH]c4ccccc4c3CCN(C[C@H]3O[C@H]31)C2. The van der Waals surface area contributed by atoms with Gasteiger partial charge in [-0.2, -0.15) is 0 Å². The lowest BCUT2D eigenvalue weighted by molar-refractivity contribution is 0.0955. The summed E-state index contributed by atoms with van der Waals surface area (Å²) in [6.07, 6.45) is 5.86. The van der Waals surface area contributed by atoms with Gasteiger partial charge in [-0.15, -0.1) is 0 Å². The summed E-state index contributed by atoms with van der Waals surface area (Å²) in [7, 11) is 0. The highest BCUT2D eigenvalue weighted by atomic mass is 16.6. The molecule has 3 aliphatic rings. The minimum absolute atomic E-state index is 0.377. The van der Waals surface area contributed by atoms with Gasteiger partial charge in [0.25, 0.3) is 0 Å². The molecule has 4 atom stereocenters. The smallest absolute Gasteiger partial charge is 0.0974 e. The highest BCUT2D eigenvalue weighted by Gasteiger charge is 2.57. The normalized spacial score (nSPS) is 36.9. The zero-order chi connectivity index (χ0) is 14.7. The van der Waals surface area contributed by atoms with Crippen molar-refractivity contribution in [2.75, 3.05) is 19.6 Å². The Bertz CT molecular complexity index is 721. The summed E-state index contributed by atoms with van der Waals surface area (Å²) < 4.78 is 6.03. The van der Waals surface area contributed by atoms with Gasteiger partial charge in [0.1, 0.15) is 0 Å². The number of aryl methyl sites for hydroxylation is 1. The molecular formula is C19H24N2O. The number of ether oxygens (including phenoxy) is 1. The van der Waals surface area contributed by atoms with E-state index in [1.54, 1.807) is 5.56 Å². The van der Waals surface area contributed by atoms with Crippen LogP contribution in [0.3, 0.4) is 0 Å². The maximum absolute atomic E-state index is 6.03. The van der Waals surface area contributed by atoms with E-state index in [0.717, 1.165) is 19.4 Å². The van der Waals surface area contributed by atoms with Crippen LogP contribution in [0.4, 0.5) is 0 Å². The predicted molar refractivity (Wildman–Crippen MR) is 88.1 cm³/mol. The number of aromatic amines is 1. The van der Waals surface area contributed by atoms with E-state index in [-0.39, 0.29) is 0 Å². The molecule has 0 saturated carbocycles. The van der Waals surface area contributed by atoms with Crippen LogP contribution in [-0.2, 0) is 17.6 Å². The van der Waals surface area contributed by atoms with Crippen molar-refractivity contribution in [3.63, 3.8) is 0 Å². The van der Waals surface area contributed by atoms with Crippen molar-refractivity contribution in [1.29, 1.82) is 0 Å². The first kappa shape index (κ1) is 13.1. The second-order valence-corrected chi connectivity index (χ2v) is 7.42. The van der Waals surface area contributed by atoms with E-state index in [4.69, 9.17) is 4.74 Å². The Labute approximate surface area is 131 Å². The van der Waals surface area contributed by atoms with Crippen molar-refractivity contribution in [3.05, 3.63) is 35.5 Å². The van der Waals surface area contributed by atoms with Crippen molar-refractivity contribution >= 4 is 10.9 Å². The summed E-state index contributed by atoms with van der Waals surface area (Å²) in [6, 6.07) is 8.79. The van der Waals surface area contributed by atoms with Crippen molar-refractivity contribution in [1.82, 2.24) is 9.88 Å². The maximum Gasteiger partial charge on any atom is 0.0974 e. The average Bonchev–Trinajstić information content (AvgIpc) is 3.23. The van der Waals surface area contributed by atoms with Gasteiger partial charge in [0.15, 0.2) is 0 Å². The number of para-hydroxylation sites is 1. The fourth-order valence-electron chi connectivity index (χ4n) is 4.95. The van der Waals surface area contributed by atoms with Gasteiger partial charge in [0, 0.05) is 41.6 Å². The third-order valence-electron chi connectivity index (χ3n) is 6.32. The highest BCUT2D eigenvalue weighted by molar-refractivity contribution is 5.84. The van der Waals surface area contributed by atoms with Crippen molar-refractivity contribution in [2.45, 2.75) is 44.8 Å². The fourth-order valence-corrected chi connectivity index (χ4v) is 4.95. The third kappa shape index (κ3) is 1.82. The molecule has 116 valence electrons. The molecule has 1 unspecified atom stereocenters. The number of rotatable bonds is 1. The van der Waals surface area contributed by atoms with Crippen LogP contribution in [0.1, 0.15) is 31.0 Å². The zero-order valence-corrected chi connectivity index (χ0v) is 13.3. The summed E-state index contributed by atoms with van der Waals surface area (Å²) in [4.78, 5) is 6.36. The summed E-state index contributed by atoms with van der Waals surface area (Å²) in [6.45, 7) is 5.90. The Hall–Kier alpha value is -1.32. The Morgan fingerprint density at radius 3 is 3.14 bits per heavy atom.